The van der Waals surface area contributed by atoms with E-state index in [-0.39, 0.29) is 18.2 Å². The van der Waals surface area contributed by atoms with Gasteiger partial charge in [-0.15, -0.1) is 0 Å². The molecule has 1 N–H and O–H groups in total. The monoisotopic (exact) mass is 474 g/mol. The lowest BCUT2D eigenvalue weighted by Gasteiger charge is -2.18. The lowest BCUT2D eigenvalue weighted by molar-refractivity contribution is -0.122. The van der Waals surface area contributed by atoms with Crippen LogP contribution in [0.2, 0.25) is 0 Å². The topological polar surface area (TPSA) is 66.7 Å². The van der Waals surface area contributed by atoms with Crippen molar-refractivity contribution >= 4 is 44.9 Å². The fourth-order valence-electron chi connectivity index (χ4n) is 3.92. The van der Waals surface area contributed by atoms with Crippen LogP contribution in [0.15, 0.2) is 83.5 Å². The largest absolute Gasteiger partial charge is 0.310 e. The molecule has 1 atom stereocenters. The minimum atomic E-state index is -0.447. The molecular formula is C24H19BrN4O2. The Morgan fingerprint density at radius 2 is 1.74 bits per heavy atom. The third kappa shape index (κ3) is 3.61. The van der Waals surface area contributed by atoms with Crippen molar-refractivity contribution in [2.45, 2.75) is 6.42 Å². The number of imidazole rings is 1. The van der Waals surface area contributed by atoms with Crippen molar-refractivity contribution in [3.63, 3.8) is 0 Å². The minimum absolute atomic E-state index is 0.0616. The molecule has 1 saturated heterocycles. The average molecular weight is 475 g/mol. The predicted molar refractivity (Wildman–Crippen MR) is 124 cm³/mol. The Morgan fingerprint density at radius 1 is 1.00 bits per heavy atom. The van der Waals surface area contributed by atoms with E-state index in [1.165, 1.54) is 0 Å². The van der Waals surface area contributed by atoms with Gasteiger partial charge in [0.1, 0.15) is 17.2 Å². The van der Waals surface area contributed by atoms with Crippen LogP contribution in [0.3, 0.4) is 0 Å². The summed E-state index contributed by atoms with van der Waals surface area (Å²) in [6, 6.07) is 23.0. The van der Waals surface area contributed by atoms with Gasteiger partial charge in [-0.2, -0.15) is 0 Å². The molecule has 0 saturated carbocycles. The van der Waals surface area contributed by atoms with Crippen molar-refractivity contribution in [1.82, 2.24) is 9.38 Å². The Labute approximate surface area is 187 Å². The summed E-state index contributed by atoms with van der Waals surface area (Å²) in [4.78, 5) is 32.2. The molecule has 1 unspecified atom stereocenters. The number of anilines is 2. The molecule has 2 aromatic heterocycles. The quantitative estimate of drug-likeness (QED) is 0.463. The maximum Gasteiger partial charge on any atom is 0.230 e. The molecule has 6 nitrogen and oxygen atoms in total. The number of hydrogen-bond acceptors (Lipinski definition) is 3. The molecule has 2 aromatic carbocycles. The predicted octanol–water partition coefficient (Wildman–Crippen LogP) is 4.76. The van der Waals surface area contributed by atoms with Gasteiger partial charge in [-0.1, -0.05) is 48.5 Å². The molecule has 3 heterocycles. The number of nitrogens with zero attached hydrogens (tertiary/aromatic N) is 3. The average Bonchev–Trinajstić information content (AvgIpc) is 3.36. The number of para-hydroxylation sites is 1. The molecule has 0 bridgehead atoms. The first-order chi connectivity index (χ1) is 15.1. The Kier molecular flexibility index (Phi) is 5.03. The van der Waals surface area contributed by atoms with E-state index >= 15 is 0 Å². The van der Waals surface area contributed by atoms with Crippen LogP contribution in [0.1, 0.15) is 6.42 Å². The van der Waals surface area contributed by atoms with Gasteiger partial charge in [0.15, 0.2) is 0 Å². The van der Waals surface area contributed by atoms with Gasteiger partial charge in [-0.25, -0.2) is 4.98 Å². The standard InChI is InChI=1S/C24H19BrN4O2/c25-18-10-4-5-11-19(18)29-15-17(14-21(29)30)24(31)27-23-22(16-8-2-1-3-9-16)26-20-12-6-7-13-28(20)23/h1-13,17H,14-15H2,(H,27,31). The van der Waals surface area contributed by atoms with Gasteiger partial charge < -0.3 is 10.2 Å². The number of aromatic nitrogens is 2. The molecule has 0 radical (unpaired) electrons. The molecule has 4 aromatic rings. The number of fused-ring (bicyclic) bond motifs is 1. The highest BCUT2D eigenvalue weighted by Crippen LogP contribution is 2.33. The third-order valence-electron chi connectivity index (χ3n) is 5.46. The molecule has 7 heteroatoms. The molecule has 2 amide bonds. The number of hydrogen-bond donors (Lipinski definition) is 1. The van der Waals surface area contributed by atoms with Crippen molar-refractivity contribution in [2.24, 2.45) is 5.92 Å². The van der Waals surface area contributed by atoms with Crippen molar-refractivity contribution in [3.05, 3.63) is 83.5 Å². The highest BCUT2D eigenvalue weighted by atomic mass is 79.9. The summed E-state index contributed by atoms with van der Waals surface area (Å²) in [5.41, 5.74) is 3.14. The number of pyridine rings is 1. The van der Waals surface area contributed by atoms with E-state index in [0.717, 1.165) is 21.4 Å². The molecular weight excluding hydrogens is 456 g/mol. The van der Waals surface area contributed by atoms with E-state index in [9.17, 15) is 9.59 Å². The highest BCUT2D eigenvalue weighted by Gasteiger charge is 2.36. The fourth-order valence-corrected chi connectivity index (χ4v) is 4.42. The Bertz CT molecular complexity index is 1290. The number of halogens is 1. The number of amides is 2. The maximum atomic E-state index is 13.2. The lowest BCUT2D eigenvalue weighted by atomic mass is 10.1. The van der Waals surface area contributed by atoms with Crippen LogP contribution in [0.5, 0.6) is 0 Å². The second-order valence-electron chi connectivity index (χ2n) is 7.45. The van der Waals surface area contributed by atoms with Crippen molar-refractivity contribution in [2.75, 3.05) is 16.8 Å². The number of nitrogens with one attached hydrogen (secondary N) is 1. The van der Waals surface area contributed by atoms with Crippen LogP contribution in [0, 0.1) is 5.92 Å². The summed E-state index contributed by atoms with van der Waals surface area (Å²) in [6.07, 6.45) is 2.04. The number of carbonyl (C=O) groups is 2. The molecule has 0 aliphatic carbocycles. The molecule has 154 valence electrons. The van der Waals surface area contributed by atoms with Crippen LogP contribution in [0.25, 0.3) is 16.9 Å². The van der Waals surface area contributed by atoms with Crippen LogP contribution in [0.4, 0.5) is 11.5 Å². The summed E-state index contributed by atoms with van der Waals surface area (Å²) in [6.45, 7) is 0.338. The van der Waals surface area contributed by atoms with Crippen molar-refractivity contribution in [1.29, 1.82) is 0 Å². The second-order valence-corrected chi connectivity index (χ2v) is 8.30. The normalized spacial score (nSPS) is 16.1. The van der Waals surface area contributed by atoms with Gasteiger partial charge in [-0.05, 0) is 40.2 Å². The molecule has 1 fully saturated rings. The van der Waals surface area contributed by atoms with Gasteiger partial charge in [0, 0.05) is 29.2 Å². The highest BCUT2D eigenvalue weighted by molar-refractivity contribution is 9.10. The zero-order valence-corrected chi connectivity index (χ0v) is 18.1. The SMILES string of the molecule is O=C(Nc1c(-c2ccccc2)nc2ccccn12)C1CC(=O)N(c2ccccc2Br)C1. The second kappa shape index (κ2) is 8.00. The zero-order valence-electron chi connectivity index (χ0n) is 16.5. The van der Waals surface area contributed by atoms with Gasteiger partial charge in [0.2, 0.25) is 11.8 Å². The van der Waals surface area contributed by atoms with Crippen molar-refractivity contribution < 1.29 is 9.59 Å². The van der Waals surface area contributed by atoms with Gasteiger partial charge in [0.25, 0.3) is 0 Å². The third-order valence-corrected chi connectivity index (χ3v) is 6.13. The van der Waals surface area contributed by atoms with Gasteiger partial charge in [0.05, 0.1) is 11.6 Å². The Balaban J connectivity index is 1.45. The van der Waals surface area contributed by atoms with E-state index < -0.39 is 5.92 Å². The summed E-state index contributed by atoms with van der Waals surface area (Å²) in [5, 5.41) is 3.05. The van der Waals surface area contributed by atoms with Crippen LogP contribution in [-0.4, -0.2) is 27.7 Å². The van der Waals surface area contributed by atoms with Crippen LogP contribution in [-0.2, 0) is 9.59 Å². The first-order valence-corrected chi connectivity index (χ1v) is 10.8. The first kappa shape index (κ1) is 19.5. The molecule has 1 aliphatic heterocycles. The summed E-state index contributed by atoms with van der Waals surface area (Å²) >= 11 is 3.50. The van der Waals surface area contributed by atoms with E-state index in [4.69, 9.17) is 4.98 Å². The number of carbonyl (C=O) groups excluding carboxylic acids is 2. The summed E-state index contributed by atoms with van der Waals surface area (Å²) < 4.78 is 2.69. The van der Waals surface area contributed by atoms with Gasteiger partial charge >= 0.3 is 0 Å². The Hall–Kier alpha value is -3.45. The van der Waals surface area contributed by atoms with E-state index in [1.54, 1.807) is 4.90 Å². The molecule has 5 rings (SSSR count). The van der Waals surface area contributed by atoms with E-state index in [0.29, 0.717) is 18.1 Å². The molecule has 1 aliphatic rings. The fraction of sp³-hybridized carbons (Fsp3) is 0.125. The number of rotatable bonds is 4. The summed E-state index contributed by atoms with van der Waals surface area (Å²) in [7, 11) is 0. The number of benzene rings is 2. The molecule has 31 heavy (non-hydrogen) atoms. The minimum Gasteiger partial charge on any atom is -0.310 e. The maximum absolute atomic E-state index is 13.2. The Morgan fingerprint density at radius 3 is 2.55 bits per heavy atom. The van der Waals surface area contributed by atoms with Gasteiger partial charge in [-0.3, -0.25) is 14.0 Å². The first-order valence-electron chi connectivity index (χ1n) is 10.00. The lowest BCUT2D eigenvalue weighted by Crippen LogP contribution is -2.28. The zero-order chi connectivity index (χ0) is 21.4. The van der Waals surface area contributed by atoms with E-state index in [1.807, 2.05) is 83.4 Å². The summed E-state index contributed by atoms with van der Waals surface area (Å²) in [5.74, 6) is -0.0877. The smallest absolute Gasteiger partial charge is 0.230 e. The van der Waals surface area contributed by atoms with E-state index in [2.05, 4.69) is 21.2 Å². The van der Waals surface area contributed by atoms with Crippen molar-refractivity contribution in [3.8, 4) is 11.3 Å². The van der Waals surface area contributed by atoms with Crippen LogP contribution < -0.4 is 10.2 Å². The van der Waals surface area contributed by atoms with Crippen LogP contribution >= 0.6 is 15.9 Å². The molecule has 0 spiro atoms.